The van der Waals surface area contributed by atoms with Gasteiger partial charge in [-0.15, -0.1) is 0 Å². The van der Waals surface area contributed by atoms with Gasteiger partial charge in [0.2, 0.25) is 5.78 Å². The molecule has 0 bridgehead atoms. The third-order valence-corrected chi connectivity index (χ3v) is 3.72. The Kier molecular flexibility index (Phi) is 2.08. The Balaban J connectivity index is 2.40. The van der Waals surface area contributed by atoms with E-state index in [4.69, 9.17) is 0 Å². The minimum absolute atomic E-state index is 0.113. The van der Waals surface area contributed by atoms with Crippen LogP contribution in [0.5, 0.6) is 0 Å². The molecule has 0 aliphatic rings. The highest BCUT2D eigenvalue weighted by atomic mass is 79.9. The van der Waals surface area contributed by atoms with Gasteiger partial charge in [0.15, 0.2) is 0 Å². The van der Waals surface area contributed by atoms with Crippen molar-refractivity contribution in [2.24, 2.45) is 0 Å². The molecule has 0 atom stereocenters. The first-order chi connectivity index (χ1) is 9.24. The monoisotopic (exact) mass is 313 g/mol. The van der Waals surface area contributed by atoms with Gasteiger partial charge in [-0.1, -0.05) is 28.1 Å². The summed E-state index contributed by atoms with van der Waals surface area (Å²) in [5.74, 6) is 0.566. The molecule has 19 heavy (non-hydrogen) atoms. The fourth-order valence-corrected chi connectivity index (χ4v) is 2.75. The molecule has 4 aromatic rings. The van der Waals surface area contributed by atoms with E-state index in [-0.39, 0.29) is 5.56 Å². The smallest absolute Gasteiger partial charge is 0.260 e. The number of hydrogen-bond donors (Lipinski definition) is 1. The molecule has 0 aliphatic heterocycles. The number of aromatic amines is 1. The van der Waals surface area contributed by atoms with Crippen LogP contribution >= 0.6 is 15.9 Å². The lowest BCUT2D eigenvalue weighted by Crippen LogP contribution is -2.09. The van der Waals surface area contributed by atoms with E-state index in [0.29, 0.717) is 11.2 Å². The number of aromatic nitrogens is 3. The van der Waals surface area contributed by atoms with Crippen LogP contribution in [0.1, 0.15) is 0 Å². The molecule has 2 aromatic carbocycles. The highest BCUT2D eigenvalue weighted by Gasteiger charge is 2.10. The summed E-state index contributed by atoms with van der Waals surface area (Å²) in [5, 5.41) is 0.661. The van der Waals surface area contributed by atoms with Crippen LogP contribution in [0, 0.1) is 0 Å². The summed E-state index contributed by atoms with van der Waals surface area (Å²) in [7, 11) is 0. The van der Waals surface area contributed by atoms with Crippen molar-refractivity contribution in [1.29, 1.82) is 0 Å². The van der Waals surface area contributed by atoms with E-state index >= 15 is 0 Å². The van der Waals surface area contributed by atoms with Crippen LogP contribution in [0.15, 0.2) is 51.7 Å². The number of benzene rings is 2. The number of H-pyrrole nitrogens is 1. The Labute approximate surface area is 115 Å². The molecule has 92 valence electrons. The molecule has 0 amide bonds. The largest absolute Gasteiger partial charge is 0.291 e. The lowest BCUT2D eigenvalue weighted by atomic mass is 10.2. The second kappa shape index (κ2) is 3.68. The minimum atomic E-state index is -0.113. The Morgan fingerprint density at radius 2 is 1.95 bits per heavy atom. The van der Waals surface area contributed by atoms with E-state index in [0.717, 1.165) is 21.0 Å². The third kappa shape index (κ3) is 1.45. The molecule has 0 saturated carbocycles. The van der Waals surface area contributed by atoms with Crippen molar-refractivity contribution in [2.75, 3.05) is 0 Å². The molecule has 0 saturated heterocycles. The van der Waals surface area contributed by atoms with Gasteiger partial charge in [-0.25, -0.2) is 4.98 Å². The Morgan fingerprint density at radius 1 is 1.11 bits per heavy atom. The Bertz CT molecular complexity index is 1000. The SMILES string of the molecule is O=c1[nH]c2nc3ccc(Br)cc3n2c2ccccc12. The van der Waals surface area contributed by atoms with Gasteiger partial charge in [0.05, 0.1) is 21.9 Å². The molecule has 4 rings (SSSR count). The number of para-hydroxylation sites is 1. The highest BCUT2D eigenvalue weighted by Crippen LogP contribution is 2.23. The van der Waals surface area contributed by atoms with E-state index in [2.05, 4.69) is 25.9 Å². The maximum absolute atomic E-state index is 12.0. The normalized spacial score (nSPS) is 11.6. The van der Waals surface area contributed by atoms with Gasteiger partial charge < -0.3 is 0 Å². The summed E-state index contributed by atoms with van der Waals surface area (Å²) in [6.45, 7) is 0. The van der Waals surface area contributed by atoms with Crippen molar-refractivity contribution >= 4 is 43.6 Å². The average Bonchev–Trinajstić information content (AvgIpc) is 2.76. The van der Waals surface area contributed by atoms with Crippen molar-refractivity contribution < 1.29 is 0 Å². The molecule has 0 spiro atoms. The van der Waals surface area contributed by atoms with Crippen molar-refractivity contribution in [3.05, 3.63) is 57.3 Å². The second-order valence-corrected chi connectivity index (χ2v) is 5.29. The molecule has 2 heterocycles. The van der Waals surface area contributed by atoms with E-state index in [1.807, 2.05) is 46.9 Å². The number of fused-ring (bicyclic) bond motifs is 5. The van der Waals surface area contributed by atoms with Crippen molar-refractivity contribution in [2.45, 2.75) is 0 Å². The predicted molar refractivity (Wildman–Crippen MR) is 78.5 cm³/mol. The number of imidazole rings is 1. The first-order valence-electron chi connectivity index (χ1n) is 5.83. The van der Waals surface area contributed by atoms with Crippen LogP contribution < -0.4 is 5.56 Å². The van der Waals surface area contributed by atoms with Crippen LogP contribution in [0.3, 0.4) is 0 Å². The summed E-state index contributed by atoms with van der Waals surface area (Å²) < 4.78 is 2.95. The van der Waals surface area contributed by atoms with Gasteiger partial charge in [0.25, 0.3) is 5.56 Å². The first-order valence-corrected chi connectivity index (χ1v) is 6.62. The maximum atomic E-state index is 12.0. The molecule has 4 nitrogen and oxygen atoms in total. The summed E-state index contributed by atoms with van der Waals surface area (Å²) >= 11 is 3.47. The minimum Gasteiger partial charge on any atom is -0.291 e. The van der Waals surface area contributed by atoms with E-state index in [1.54, 1.807) is 0 Å². The maximum Gasteiger partial charge on any atom is 0.260 e. The van der Waals surface area contributed by atoms with Gasteiger partial charge in [0.1, 0.15) is 0 Å². The topological polar surface area (TPSA) is 50.2 Å². The summed E-state index contributed by atoms with van der Waals surface area (Å²) in [4.78, 5) is 19.3. The van der Waals surface area contributed by atoms with E-state index in [9.17, 15) is 4.79 Å². The molecular formula is C14H8BrN3O. The van der Waals surface area contributed by atoms with E-state index < -0.39 is 0 Å². The van der Waals surface area contributed by atoms with Gasteiger partial charge >= 0.3 is 0 Å². The predicted octanol–water partition coefficient (Wildman–Crippen LogP) is 3.09. The molecule has 0 aliphatic carbocycles. The molecule has 0 radical (unpaired) electrons. The van der Waals surface area contributed by atoms with Crippen LogP contribution in [0.4, 0.5) is 0 Å². The molecule has 5 heteroatoms. The van der Waals surface area contributed by atoms with Crippen molar-refractivity contribution in [3.63, 3.8) is 0 Å². The summed E-state index contributed by atoms with van der Waals surface area (Å²) in [6, 6.07) is 13.4. The van der Waals surface area contributed by atoms with E-state index in [1.165, 1.54) is 0 Å². The van der Waals surface area contributed by atoms with Gasteiger partial charge in [-0.2, -0.15) is 0 Å². The fourth-order valence-electron chi connectivity index (χ4n) is 2.41. The van der Waals surface area contributed by atoms with Gasteiger partial charge in [0, 0.05) is 4.47 Å². The number of nitrogens with zero attached hydrogens (tertiary/aromatic N) is 2. The third-order valence-electron chi connectivity index (χ3n) is 3.23. The second-order valence-electron chi connectivity index (χ2n) is 4.38. The fraction of sp³-hybridized carbons (Fsp3) is 0. The Hall–Kier alpha value is -2.14. The standard InChI is InChI=1S/C14H8BrN3O/c15-8-5-6-10-12(7-8)18-11-4-2-1-3-9(11)13(19)17-14(18)16-10/h1-7H,(H,16,17,19). The van der Waals surface area contributed by atoms with Crippen LogP contribution in [0.25, 0.3) is 27.7 Å². The highest BCUT2D eigenvalue weighted by molar-refractivity contribution is 9.10. The number of nitrogens with one attached hydrogen (secondary N) is 1. The number of rotatable bonds is 0. The zero-order chi connectivity index (χ0) is 13.0. The zero-order valence-electron chi connectivity index (χ0n) is 9.72. The van der Waals surface area contributed by atoms with Gasteiger partial charge in [-0.3, -0.25) is 14.2 Å². The lowest BCUT2D eigenvalue weighted by Gasteiger charge is -2.02. The molecule has 2 aromatic heterocycles. The molecular weight excluding hydrogens is 306 g/mol. The Morgan fingerprint density at radius 3 is 2.84 bits per heavy atom. The number of halogens is 1. The quantitative estimate of drug-likeness (QED) is 0.542. The van der Waals surface area contributed by atoms with Crippen LogP contribution in [0.2, 0.25) is 0 Å². The lowest BCUT2D eigenvalue weighted by molar-refractivity contribution is 1.16. The van der Waals surface area contributed by atoms with Gasteiger partial charge in [-0.05, 0) is 30.3 Å². The summed E-state index contributed by atoms with van der Waals surface area (Å²) in [5.41, 5.74) is 2.58. The van der Waals surface area contributed by atoms with Crippen LogP contribution in [-0.4, -0.2) is 14.4 Å². The van der Waals surface area contributed by atoms with Crippen molar-refractivity contribution in [3.8, 4) is 0 Å². The molecule has 0 unspecified atom stereocenters. The first kappa shape index (κ1) is 10.8. The molecule has 0 fully saturated rings. The average molecular weight is 314 g/mol. The van der Waals surface area contributed by atoms with Crippen molar-refractivity contribution in [1.82, 2.24) is 14.4 Å². The molecule has 1 N–H and O–H groups in total. The summed E-state index contributed by atoms with van der Waals surface area (Å²) in [6.07, 6.45) is 0. The number of hydrogen-bond acceptors (Lipinski definition) is 2. The van der Waals surface area contributed by atoms with Crippen LogP contribution in [-0.2, 0) is 0 Å². The zero-order valence-corrected chi connectivity index (χ0v) is 11.3.